The van der Waals surface area contributed by atoms with Crippen LogP contribution in [0.5, 0.6) is 5.75 Å². The van der Waals surface area contributed by atoms with Crippen molar-refractivity contribution >= 4 is 11.6 Å². The molecule has 3 fully saturated rings. The van der Waals surface area contributed by atoms with E-state index < -0.39 is 17.8 Å². The van der Waals surface area contributed by atoms with Crippen LogP contribution in [0.3, 0.4) is 0 Å². The third-order valence-corrected chi connectivity index (χ3v) is 10.6. The predicted octanol–water partition coefficient (Wildman–Crippen LogP) is 11.6. The van der Waals surface area contributed by atoms with Crippen LogP contribution in [0.1, 0.15) is 113 Å². The molecule has 0 N–H and O–H groups in total. The molecule has 0 heterocycles. The number of ether oxygens (including phenoxy) is 1. The minimum absolute atomic E-state index is 0.0506. The van der Waals surface area contributed by atoms with Crippen molar-refractivity contribution in [3.63, 3.8) is 0 Å². The molecular weight excluding hydrogens is 548 g/mol. The van der Waals surface area contributed by atoms with Crippen molar-refractivity contribution in [3.05, 3.63) is 76.3 Å². The maximum absolute atomic E-state index is 15.3. The van der Waals surface area contributed by atoms with Gasteiger partial charge >= 0.3 is 6.11 Å². The van der Waals surface area contributed by atoms with Crippen LogP contribution in [0.25, 0.3) is 0 Å². The molecule has 41 heavy (non-hydrogen) atoms. The number of benzene rings is 2. The molecule has 1 nitrogen and oxygen atoms in total. The van der Waals surface area contributed by atoms with E-state index in [-0.39, 0.29) is 22.5 Å². The van der Waals surface area contributed by atoms with E-state index >= 15 is 4.39 Å². The van der Waals surface area contributed by atoms with Gasteiger partial charge in [-0.2, -0.15) is 8.78 Å². The van der Waals surface area contributed by atoms with Crippen molar-refractivity contribution in [2.24, 2.45) is 23.7 Å². The van der Waals surface area contributed by atoms with Gasteiger partial charge in [-0.1, -0.05) is 35.9 Å². The summed E-state index contributed by atoms with van der Waals surface area (Å²) in [5.74, 6) is 0.496. The molecule has 0 saturated heterocycles. The lowest BCUT2D eigenvalue weighted by molar-refractivity contribution is -0.224. The lowest BCUT2D eigenvalue weighted by Crippen LogP contribution is -2.38. The molecule has 0 unspecified atom stereocenters. The zero-order valence-electron chi connectivity index (χ0n) is 24.1. The Kier molecular flexibility index (Phi) is 10.0. The van der Waals surface area contributed by atoms with E-state index in [0.29, 0.717) is 30.6 Å². The highest BCUT2D eigenvalue weighted by Gasteiger charge is 2.45. The van der Waals surface area contributed by atoms with E-state index in [4.69, 9.17) is 16.3 Å². The first kappa shape index (κ1) is 30.4. The third-order valence-electron chi connectivity index (χ3n) is 10.3. The van der Waals surface area contributed by atoms with Gasteiger partial charge in [0.1, 0.15) is 17.4 Å². The first-order chi connectivity index (χ1) is 19.7. The highest BCUT2D eigenvalue weighted by molar-refractivity contribution is 6.30. The van der Waals surface area contributed by atoms with Gasteiger partial charge in [-0.3, -0.25) is 0 Å². The van der Waals surface area contributed by atoms with Gasteiger partial charge in [0.2, 0.25) is 0 Å². The average molecular weight is 591 g/mol. The van der Waals surface area contributed by atoms with Gasteiger partial charge < -0.3 is 4.74 Å². The Morgan fingerprint density at radius 1 is 0.780 bits per heavy atom. The number of allylic oxidation sites excluding steroid dienone is 2. The Labute approximate surface area is 247 Å². The third kappa shape index (κ3) is 7.50. The zero-order chi connectivity index (χ0) is 29.0. The van der Waals surface area contributed by atoms with Crippen LogP contribution in [0, 0.1) is 35.3 Å². The van der Waals surface area contributed by atoms with Crippen molar-refractivity contribution in [2.45, 2.75) is 108 Å². The number of rotatable bonds is 8. The summed E-state index contributed by atoms with van der Waals surface area (Å²) in [6.07, 6.45) is 13.2. The van der Waals surface area contributed by atoms with E-state index in [1.807, 2.05) is 6.07 Å². The molecule has 3 aliphatic rings. The lowest BCUT2D eigenvalue weighted by Gasteiger charge is -2.39. The minimum Gasteiger partial charge on any atom is -0.432 e. The Morgan fingerprint density at radius 2 is 1.41 bits per heavy atom. The van der Waals surface area contributed by atoms with Gasteiger partial charge in [0, 0.05) is 6.07 Å². The zero-order valence-corrected chi connectivity index (χ0v) is 24.8. The van der Waals surface area contributed by atoms with E-state index in [9.17, 15) is 13.2 Å². The number of hydrogen-bond donors (Lipinski definition) is 0. The van der Waals surface area contributed by atoms with Crippen LogP contribution in [0.4, 0.5) is 17.6 Å². The summed E-state index contributed by atoms with van der Waals surface area (Å²) in [7, 11) is 0. The second-order valence-electron chi connectivity index (χ2n) is 12.8. The summed E-state index contributed by atoms with van der Waals surface area (Å²) in [5, 5.41) is -0.121. The van der Waals surface area contributed by atoms with Crippen molar-refractivity contribution in [2.75, 3.05) is 0 Å². The van der Waals surface area contributed by atoms with Gasteiger partial charge in [-0.25, -0.2) is 8.78 Å². The van der Waals surface area contributed by atoms with Crippen molar-refractivity contribution in [3.8, 4) is 5.75 Å². The molecule has 0 aromatic heterocycles. The van der Waals surface area contributed by atoms with Gasteiger partial charge in [-0.05, 0) is 149 Å². The van der Waals surface area contributed by atoms with Gasteiger partial charge in [0.05, 0.1) is 10.9 Å². The Hall–Kier alpha value is -2.01. The van der Waals surface area contributed by atoms with Gasteiger partial charge in [-0.15, -0.1) is 0 Å². The molecular formula is C35H43ClF4O. The Bertz CT molecular complexity index is 1170. The molecule has 0 bridgehead atoms. The first-order valence-corrected chi connectivity index (χ1v) is 16.0. The smallest absolute Gasteiger partial charge is 0.400 e. The number of hydrogen-bond acceptors (Lipinski definition) is 1. The molecule has 3 aliphatic carbocycles. The molecule has 2 aromatic carbocycles. The number of alkyl halides is 2. The average Bonchev–Trinajstić information content (AvgIpc) is 2.98. The second-order valence-corrected chi connectivity index (χ2v) is 13.2. The molecule has 0 atom stereocenters. The van der Waals surface area contributed by atoms with Crippen LogP contribution in [-0.2, 0) is 0 Å². The number of halogens is 5. The highest BCUT2D eigenvalue weighted by Crippen LogP contribution is 2.47. The van der Waals surface area contributed by atoms with Gasteiger partial charge in [0.25, 0.3) is 0 Å². The molecule has 0 amide bonds. The lowest BCUT2D eigenvalue weighted by atomic mass is 9.68. The standard InChI is InChI=1S/C35H43ClF4O/c1-2-3-4-23-5-7-26(8-6-23)28-15-19-31(33(37)21-28)27-11-9-24(10-12-27)25-13-16-29(17-14-25)35(39,40)41-30-18-20-32(36)34(38)22-30/h2-3,15,18-27,29H,4-14,16-17H2,1H3/b3-2-. The van der Waals surface area contributed by atoms with E-state index in [1.165, 1.54) is 25.0 Å². The fourth-order valence-electron chi connectivity index (χ4n) is 7.80. The molecule has 6 heteroatoms. The highest BCUT2D eigenvalue weighted by atomic mass is 35.5. The maximum atomic E-state index is 15.3. The minimum atomic E-state index is -3.35. The van der Waals surface area contributed by atoms with Crippen molar-refractivity contribution < 1.29 is 22.3 Å². The quantitative estimate of drug-likeness (QED) is 0.219. The van der Waals surface area contributed by atoms with Crippen molar-refractivity contribution in [1.82, 2.24) is 0 Å². The Balaban J connectivity index is 1.08. The fraction of sp³-hybridized carbons (Fsp3) is 0.600. The SMILES string of the molecule is C/C=C\CC1CCC(c2ccc(C3CCC(C4CCC(C(F)(F)Oc5ccc(Cl)c(F)c5)CC4)CC3)c(F)c2)CC1. The largest absolute Gasteiger partial charge is 0.432 e. The van der Waals surface area contributed by atoms with E-state index in [2.05, 4.69) is 25.1 Å². The van der Waals surface area contributed by atoms with Crippen molar-refractivity contribution in [1.29, 1.82) is 0 Å². The monoisotopic (exact) mass is 590 g/mol. The molecule has 0 aliphatic heterocycles. The van der Waals surface area contributed by atoms with Crippen LogP contribution >= 0.6 is 11.6 Å². The van der Waals surface area contributed by atoms with Crippen LogP contribution < -0.4 is 4.74 Å². The van der Waals surface area contributed by atoms with E-state index in [1.54, 1.807) is 6.07 Å². The maximum Gasteiger partial charge on any atom is 0.400 e. The summed E-state index contributed by atoms with van der Waals surface area (Å²) >= 11 is 5.65. The van der Waals surface area contributed by atoms with Crippen LogP contribution in [-0.4, -0.2) is 6.11 Å². The molecule has 2 aromatic rings. The fourth-order valence-corrected chi connectivity index (χ4v) is 7.92. The molecule has 0 spiro atoms. The second kappa shape index (κ2) is 13.5. The van der Waals surface area contributed by atoms with Crippen LogP contribution in [0.15, 0.2) is 48.6 Å². The topological polar surface area (TPSA) is 9.23 Å². The summed E-state index contributed by atoms with van der Waals surface area (Å²) in [6.45, 7) is 2.07. The first-order valence-electron chi connectivity index (χ1n) is 15.7. The summed E-state index contributed by atoms with van der Waals surface area (Å²) in [4.78, 5) is 0. The van der Waals surface area contributed by atoms with E-state index in [0.717, 1.165) is 80.9 Å². The van der Waals surface area contributed by atoms with Gasteiger partial charge in [0.15, 0.2) is 0 Å². The molecule has 224 valence electrons. The summed E-state index contributed by atoms with van der Waals surface area (Å²) in [6, 6.07) is 9.44. The molecule has 5 rings (SSSR count). The predicted molar refractivity (Wildman–Crippen MR) is 158 cm³/mol. The summed E-state index contributed by atoms with van der Waals surface area (Å²) < 4.78 is 63.7. The molecule has 3 saturated carbocycles. The normalized spacial score (nSPS) is 29.5. The summed E-state index contributed by atoms with van der Waals surface area (Å²) in [5.41, 5.74) is 2.01. The Morgan fingerprint density at radius 3 is 2.02 bits per heavy atom. The van der Waals surface area contributed by atoms with Crippen LogP contribution in [0.2, 0.25) is 5.02 Å². The molecule has 0 radical (unpaired) electrons.